The summed E-state index contributed by atoms with van der Waals surface area (Å²) in [6.45, 7) is 9.04. The highest BCUT2D eigenvalue weighted by atomic mass is 16.5. The lowest BCUT2D eigenvalue weighted by Gasteiger charge is -2.28. The first kappa shape index (κ1) is 13.2. The molecule has 4 heteroatoms. The van der Waals surface area contributed by atoms with Gasteiger partial charge in [-0.1, -0.05) is 6.08 Å². The molecule has 16 heavy (non-hydrogen) atoms. The molecule has 0 saturated carbocycles. The highest BCUT2D eigenvalue weighted by Crippen LogP contribution is 2.01. The van der Waals surface area contributed by atoms with Crippen LogP contribution < -0.4 is 0 Å². The van der Waals surface area contributed by atoms with E-state index in [4.69, 9.17) is 4.74 Å². The largest absolute Gasteiger partial charge is 0.379 e. The molecule has 1 amide bonds. The molecule has 1 aliphatic heterocycles. The monoisotopic (exact) mass is 226 g/mol. The van der Waals surface area contributed by atoms with Crippen molar-refractivity contribution in [1.29, 1.82) is 0 Å². The lowest BCUT2D eigenvalue weighted by Crippen LogP contribution is -2.42. The van der Waals surface area contributed by atoms with E-state index in [1.807, 2.05) is 27.0 Å². The molecule has 0 bridgehead atoms. The molecule has 0 radical (unpaired) electrons. The molecule has 1 aliphatic rings. The number of amides is 1. The van der Waals surface area contributed by atoms with Crippen molar-refractivity contribution in [2.24, 2.45) is 0 Å². The lowest BCUT2D eigenvalue weighted by molar-refractivity contribution is -0.126. The molecule has 0 N–H and O–H groups in total. The van der Waals surface area contributed by atoms with Crippen LogP contribution in [0.15, 0.2) is 11.6 Å². The molecule has 0 aliphatic carbocycles. The van der Waals surface area contributed by atoms with Crippen molar-refractivity contribution >= 4 is 5.91 Å². The molecule has 1 saturated heterocycles. The molecule has 1 rings (SSSR count). The minimum Gasteiger partial charge on any atom is -0.379 e. The fraction of sp³-hybridized carbons (Fsp3) is 0.750. The average molecular weight is 226 g/mol. The molecule has 0 aromatic carbocycles. The third-order valence-corrected chi connectivity index (χ3v) is 2.97. The Morgan fingerprint density at radius 3 is 2.62 bits per heavy atom. The number of rotatable bonds is 4. The topological polar surface area (TPSA) is 32.8 Å². The Balaban J connectivity index is 2.28. The molecule has 1 fully saturated rings. The minimum atomic E-state index is 0.121. The molecule has 0 atom stereocenters. The number of morpholine rings is 1. The first-order valence-electron chi connectivity index (χ1n) is 5.83. The molecular formula is C12H22N2O2. The Morgan fingerprint density at radius 1 is 1.44 bits per heavy atom. The number of hydrogen-bond donors (Lipinski definition) is 0. The minimum absolute atomic E-state index is 0.121. The number of ether oxygens (including phenoxy) is 1. The Morgan fingerprint density at radius 2 is 2.06 bits per heavy atom. The zero-order valence-corrected chi connectivity index (χ0v) is 10.5. The fourth-order valence-electron chi connectivity index (χ4n) is 1.64. The SMILES string of the molecule is CC=C(C)C(=O)N(C)CCN1CCOCC1. The summed E-state index contributed by atoms with van der Waals surface area (Å²) < 4.78 is 5.28. The Labute approximate surface area is 97.9 Å². The zero-order valence-electron chi connectivity index (χ0n) is 10.5. The summed E-state index contributed by atoms with van der Waals surface area (Å²) in [4.78, 5) is 15.9. The smallest absolute Gasteiger partial charge is 0.248 e. The van der Waals surface area contributed by atoms with Gasteiger partial charge in [-0.3, -0.25) is 9.69 Å². The predicted molar refractivity (Wildman–Crippen MR) is 64.3 cm³/mol. The summed E-state index contributed by atoms with van der Waals surface area (Å²) in [5, 5.41) is 0. The Bertz CT molecular complexity index is 258. The molecule has 0 aromatic rings. The average Bonchev–Trinajstić information content (AvgIpc) is 2.35. The number of carbonyl (C=O) groups is 1. The van der Waals surface area contributed by atoms with Crippen LogP contribution in [-0.4, -0.2) is 62.1 Å². The molecule has 4 nitrogen and oxygen atoms in total. The van der Waals surface area contributed by atoms with Crippen LogP contribution in [0.1, 0.15) is 13.8 Å². The number of nitrogens with zero attached hydrogens (tertiary/aromatic N) is 2. The van der Waals surface area contributed by atoms with Crippen molar-refractivity contribution in [3.63, 3.8) is 0 Å². The fourth-order valence-corrected chi connectivity index (χ4v) is 1.64. The van der Waals surface area contributed by atoms with Gasteiger partial charge >= 0.3 is 0 Å². The summed E-state index contributed by atoms with van der Waals surface area (Å²) in [5.74, 6) is 0.121. The molecular weight excluding hydrogens is 204 g/mol. The highest BCUT2D eigenvalue weighted by molar-refractivity contribution is 5.92. The summed E-state index contributed by atoms with van der Waals surface area (Å²) in [6, 6.07) is 0. The lowest BCUT2D eigenvalue weighted by atomic mass is 10.2. The maximum absolute atomic E-state index is 11.8. The van der Waals surface area contributed by atoms with Crippen molar-refractivity contribution < 1.29 is 9.53 Å². The third kappa shape index (κ3) is 3.94. The van der Waals surface area contributed by atoms with Crippen LogP contribution in [-0.2, 0) is 9.53 Å². The maximum atomic E-state index is 11.8. The summed E-state index contributed by atoms with van der Waals surface area (Å²) in [7, 11) is 1.86. The van der Waals surface area contributed by atoms with Crippen molar-refractivity contribution in [3.05, 3.63) is 11.6 Å². The summed E-state index contributed by atoms with van der Waals surface area (Å²) in [5.41, 5.74) is 0.810. The summed E-state index contributed by atoms with van der Waals surface area (Å²) >= 11 is 0. The van der Waals surface area contributed by atoms with Gasteiger partial charge in [0.25, 0.3) is 0 Å². The van der Waals surface area contributed by atoms with Gasteiger partial charge in [0.2, 0.25) is 5.91 Å². The van der Waals surface area contributed by atoms with Crippen LogP contribution in [0.5, 0.6) is 0 Å². The van der Waals surface area contributed by atoms with E-state index in [2.05, 4.69) is 4.90 Å². The van der Waals surface area contributed by atoms with E-state index < -0.39 is 0 Å². The maximum Gasteiger partial charge on any atom is 0.248 e. The van der Waals surface area contributed by atoms with Crippen LogP contribution in [0.3, 0.4) is 0 Å². The number of hydrogen-bond acceptors (Lipinski definition) is 3. The highest BCUT2D eigenvalue weighted by Gasteiger charge is 2.13. The van der Waals surface area contributed by atoms with Gasteiger partial charge in [0.1, 0.15) is 0 Å². The van der Waals surface area contributed by atoms with Crippen LogP contribution in [0, 0.1) is 0 Å². The van der Waals surface area contributed by atoms with E-state index in [9.17, 15) is 4.79 Å². The first-order valence-corrected chi connectivity index (χ1v) is 5.83. The van der Waals surface area contributed by atoms with E-state index in [1.54, 1.807) is 4.90 Å². The van der Waals surface area contributed by atoms with Crippen LogP contribution >= 0.6 is 0 Å². The van der Waals surface area contributed by atoms with Crippen molar-refractivity contribution in [1.82, 2.24) is 9.80 Å². The van der Waals surface area contributed by atoms with Crippen LogP contribution in [0.4, 0.5) is 0 Å². The van der Waals surface area contributed by atoms with Gasteiger partial charge < -0.3 is 9.64 Å². The normalized spacial score (nSPS) is 18.6. The van der Waals surface area contributed by atoms with E-state index in [0.717, 1.165) is 45.0 Å². The predicted octanol–water partition coefficient (Wildman–Crippen LogP) is 0.743. The first-order chi connectivity index (χ1) is 7.65. The van der Waals surface area contributed by atoms with E-state index >= 15 is 0 Å². The number of likely N-dealkylation sites (N-methyl/N-ethyl adjacent to an activating group) is 1. The van der Waals surface area contributed by atoms with Crippen LogP contribution in [0.2, 0.25) is 0 Å². The van der Waals surface area contributed by atoms with Gasteiger partial charge in [-0.25, -0.2) is 0 Å². The van der Waals surface area contributed by atoms with Gasteiger partial charge in [0, 0.05) is 38.8 Å². The Hall–Kier alpha value is -0.870. The molecule has 1 heterocycles. The van der Waals surface area contributed by atoms with Crippen molar-refractivity contribution in [3.8, 4) is 0 Å². The summed E-state index contributed by atoms with van der Waals surface area (Å²) in [6.07, 6.45) is 1.85. The van der Waals surface area contributed by atoms with Gasteiger partial charge in [0.05, 0.1) is 13.2 Å². The van der Waals surface area contributed by atoms with E-state index in [-0.39, 0.29) is 5.91 Å². The number of allylic oxidation sites excluding steroid dienone is 1. The van der Waals surface area contributed by atoms with Gasteiger partial charge in [-0.15, -0.1) is 0 Å². The molecule has 0 unspecified atom stereocenters. The zero-order chi connectivity index (χ0) is 12.0. The molecule has 0 spiro atoms. The number of carbonyl (C=O) groups excluding carboxylic acids is 1. The van der Waals surface area contributed by atoms with E-state index in [1.165, 1.54) is 0 Å². The second kappa shape index (κ2) is 6.66. The van der Waals surface area contributed by atoms with Gasteiger partial charge in [-0.2, -0.15) is 0 Å². The van der Waals surface area contributed by atoms with E-state index in [0.29, 0.717) is 0 Å². The standard InChI is InChI=1S/C12H22N2O2/c1-4-11(2)12(15)13(3)5-6-14-7-9-16-10-8-14/h4H,5-10H2,1-3H3. The third-order valence-electron chi connectivity index (χ3n) is 2.97. The van der Waals surface area contributed by atoms with Crippen molar-refractivity contribution in [2.45, 2.75) is 13.8 Å². The second-order valence-electron chi connectivity index (χ2n) is 4.15. The Kier molecular flexibility index (Phi) is 5.49. The van der Waals surface area contributed by atoms with Gasteiger partial charge in [0.15, 0.2) is 0 Å². The van der Waals surface area contributed by atoms with Crippen LogP contribution in [0.25, 0.3) is 0 Å². The quantitative estimate of drug-likeness (QED) is 0.663. The molecule has 92 valence electrons. The van der Waals surface area contributed by atoms with Gasteiger partial charge in [-0.05, 0) is 13.8 Å². The molecule has 0 aromatic heterocycles. The van der Waals surface area contributed by atoms with Crippen molar-refractivity contribution in [2.75, 3.05) is 46.4 Å². The second-order valence-corrected chi connectivity index (χ2v) is 4.15.